The molecule has 0 spiro atoms. The first-order chi connectivity index (χ1) is 11.7. The molecule has 2 nitrogen and oxygen atoms in total. The lowest BCUT2D eigenvalue weighted by Gasteiger charge is -2.08. The van der Waals surface area contributed by atoms with Crippen LogP contribution in [0.5, 0.6) is 0 Å². The Balaban J connectivity index is 3.47. The Bertz CT molecular complexity index is 402. The highest BCUT2D eigenvalue weighted by Crippen LogP contribution is 2.02. The van der Waals surface area contributed by atoms with Crippen LogP contribution in [0.2, 0.25) is 0 Å². The second-order valence-electron chi connectivity index (χ2n) is 6.27. The maximum Gasteiger partial charge on any atom is 0.222 e. The van der Waals surface area contributed by atoms with Gasteiger partial charge in [0, 0.05) is 20.5 Å². The second kappa shape index (κ2) is 17.8. The molecule has 24 heavy (non-hydrogen) atoms. The lowest BCUT2D eigenvalue weighted by molar-refractivity contribution is -0.128. The van der Waals surface area contributed by atoms with Crippen molar-refractivity contribution in [2.24, 2.45) is 0 Å². The van der Waals surface area contributed by atoms with Crippen molar-refractivity contribution < 1.29 is 4.79 Å². The average molecular weight is 332 g/mol. The van der Waals surface area contributed by atoms with Crippen molar-refractivity contribution in [1.29, 1.82) is 0 Å². The average Bonchev–Trinajstić information content (AvgIpc) is 2.57. The molecule has 0 aliphatic heterocycles. The molecule has 0 aromatic heterocycles. The monoisotopic (exact) mass is 331 g/mol. The Kier molecular flexibility index (Phi) is 16.6. The first kappa shape index (κ1) is 22.4. The topological polar surface area (TPSA) is 20.3 Å². The number of hydrogen-bond acceptors (Lipinski definition) is 1. The lowest BCUT2D eigenvalue weighted by atomic mass is 10.2. The summed E-state index contributed by atoms with van der Waals surface area (Å²) < 4.78 is 0. The maximum absolute atomic E-state index is 11.4. The van der Waals surface area contributed by atoms with Crippen molar-refractivity contribution in [1.82, 2.24) is 4.90 Å². The summed E-state index contributed by atoms with van der Waals surface area (Å²) in [5.41, 5.74) is 0. The summed E-state index contributed by atoms with van der Waals surface area (Å²) in [6.07, 6.45) is 28.6. The van der Waals surface area contributed by atoms with Gasteiger partial charge >= 0.3 is 0 Å². The fraction of sp³-hybridized carbons (Fsp3) is 0.591. The van der Waals surface area contributed by atoms with Gasteiger partial charge in [-0.2, -0.15) is 0 Å². The van der Waals surface area contributed by atoms with E-state index >= 15 is 0 Å². The van der Waals surface area contributed by atoms with E-state index in [1.54, 1.807) is 19.0 Å². The van der Waals surface area contributed by atoms with Gasteiger partial charge in [-0.15, -0.1) is 0 Å². The van der Waals surface area contributed by atoms with Gasteiger partial charge in [-0.1, -0.05) is 68.4 Å². The third kappa shape index (κ3) is 16.8. The summed E-state index contributed by atoms with van der Waals surface area (Å²) in [6, 6.07) is 0. The van der Waals surface area contributed by atoms with E-state index in [2.05, 4.69) is 55.5 Å². The highest BCUT2D eigenvalue weighted by Gasteiger charge is 2.00. The molecule has 0 aromatic carbocycles. The van der Waals surface area contributed by atoms with Gasteiger partial charge in [-0.05, 0) is 44.9 Å². The number of hydrogen-bond donors (Lipinski definition) is 0. The van der Waals surface area contributed by atoms with E-state index in [9.17, 15) is 4.79 Å². The van der Waals surface area contributed by atoms with Crippen molar-refractivity contribution >= 4 is 5.91 Å². The number of carbonyl (C=O) groups is 1. The van der Waals surface area contributed by atoms with Crippen molar-refractivity contribution in [3.8, 4) is 0 Å². The molecule has 0 heterocycles. The van der Waals surface area contributed by atoms with E-state index < -0.39 is 0 Å². The minimum Gasteiger partial charge on any atom is -0.349 e. The third-order valence-corrected chi connectivity index (χ3v) is 3.72. The molecule has 0 bridgehead atoms. The van der Waals surface area contributed by atoms with E-state index in [-0.39, 0.29) is 5.91 Å². The van der Waals surface area contributed by atoms with Gasteiger partial charge in [0.15, 0.2) is 0 Å². The van der Waals surface area contributed by atoms with E-state index in [0.29, 0.717) is 6.42 Å². The number of rotatable bonds is 14. The van der Waals surface area contributed by atoms with Gasteiger partial charge in [-0.25, -0.2) is 0 Å². The molecule has 0 aliphatic rings. The predicted molar refractivity (Wildman–Crippen MR) is 107 cm³/mol. The molecule has 136 valence electrons. The number of nitrogens with zero attached hydrogens (tertiary/aromatic N) is 1. The van der Waals surface area contributed by atoms with Crippen molar-refractivity contribution in [2.75, 3.05) is 14.1 Å². The van der Waals surface area contributed by atoms with E-state index in [1.807, 2.05) is 0 Å². The Morgan fingerprint density at radius 3 is 1.62 bits per heavy atom. The van der Waals surface area contributed by atoms with Crippen LogP contribution in [0.1, 0.15) is 71.1 Å². The molecule has 0 N–H and O–H groups in total. The Morgan fingerprint density at radius 2 is 1.17 bits per heavy atom. The predicted octanol–water partition coefficient (Wildman–Crippen LogP) is 6.22. The second-order valence-corrected chi connectivity index (χ2v) is 6.27. The van der Waals surface area contributed by atoms with Crippen LogP contribution in [0.15, 0.2) is 48.6 Å². The largest absolute Gasteiger partial charge is 0.349 e. The molecular formula is C22H37NO. The maximum atomic E-state index is 11.4. The minimum absolute atomic E-state index is 0.214. The third-order valence-electron chi connectivity index (χ3n) is 3.72. The van der Waals surface area contributed by atoms with Crippen LogP contribution in [0.25, 0.3) is 0 Å². The smallest absolute Gasteiger partial charge is 0.222 e. The Morgan fingerprint density at radius 1 is 0.708 bits per heavy atom. The van der Waals surface area contributed by atoms with Crippen LogP contribution in [-0.4, -0.2) is 24.9 Å². The Labute approximate surface area is 150 Å². The number of amides is 1. The Hall–Kier alpha value is -1.57. The first-order valence-corrected chi connectivity index (χ1v) is 9.48. The zero-order chi connectivity index (χ0) is 17.9. The van der Waals surface area contributed by atoms with Crippen LogP contribution in [-0.2, 0) is 4.79 Å². The van der Waals surface area contributed by atoms with Crippen molar-refractivity contribution in [3.05, 3.63) is 48.6 Å². The van der Waals surface area contributed by atoms with Gasteiger partial charge < -0.3 is 4.90 Å². The quantitative estimate of drug-likeness (QED) is 0.273. The zero-order valence-electron chi connectivity index (χ0n) is 16.0. The van der Waals surface area contributed by atoms with Crippen LogP contribution < -0.4 is 0 Å². The standard InChI is InChI=1S/C22H37NO/c1-4-5-6-7-8-9-10-11-12-13-14-15-16-17-18-19-20-21-22(24)23(2)3/h8-9,11-12,14-15,17-18H,4-7,10,13,16,19-21H2,1-3H3/b9-8+,12-11+,15-14+,18-17+. The number of carbonyl (C=O) groups excluding carboxylic acids is 1. The van der Waals surface area contributed by atoms with Gasteiger partial charge in [0.25, 0.3) is 0 Å². The molecule has 2 heteroatoms. The molecule has 1 amide bonds. The number of allylic oxidation sites excluding steroid dienone is 8. The molecule has 0 radical (unpaired) electrons. The highest BCUT2D eigenvalue weighted by atomic mass is 16.2. The van der Waals surface area contributed by atoms with Gasteiger partial charge in [0.05, 0.1) is 0 Å². The summed E-state index contributed by atoms with van der Waals surface area (Å²) in [4.78, 5) is 13.0. The van der Waals surface area contributed by atoms with Crippen LogP contribution >= 0.6 is 0 Å². The SMILES string of the molecule is CCCCC/C=C/C/C=C/C/C=C/C/C=C/CCCC(=O)N(C)C. The normalized spacial score (nSPS) is 12.3. The number of unbranched alkanes of at least 4 members (excludes halogenated alkanes) is 4. The summed E-state index contributed by atoms with van der Waals surface area (Å²) in [7, 11) is 3.61. The molecule has 0 unspecified atom stereocenters. The fourth-order valence-electron chi connectivity index (χ4n) is 2.16. The van der Waals surface area contributed by atoms with Crippen molar-refractivity contribution in [2.45, 2.75) is 71.1 Å². The minimum atomic E-state index is 0.214. The molecule has 0 saturated heterocycles. The van der Waals surface area contributed by atoms with E-state index in [1.165, 1.54) is 25.7 Å². The molecule has 0 saturated carbocycles. The van der Waals surface area contributed by atoms with Gasteiger partial charge in [-0.3, -0.25) is 4.79 Å². The first-order valence-electron chi connectivity index (χ1n) is 9.48. The summed E-state index contributed by atoms with van der Waals surface area (Å²) in [5, 5.41) is 0. The van der Waals surface area contributed by atoms with Crippen LogP contribution in [0.4, 0.5) is 0 Å². The van der Waals surface area contributed by atoms with Gasteiger partial charge in [0.2, 0.25) is 5.91 Å². The molecule has 0 fully saturated rings. The van der Waals surface area contributed by atoms with Crippen LogP contribution in [0, 0.1) is 0 Å². The molecular weight excluding hydrogens is 294 g/mol. The molecule has 0 aliphatic carbocycles. The van der Waals surface area contributed by atoms with Crippen LogP contribution in [0.3, 0.4) is 0 Å². The zero-order valence-corrected chi connectivity index (χ0v) is 16.0. The van der Waals surface area contributed by atoms with E-state index in [0.717, 1.165) is 32.1 Å². The summed E-state index contributed by atoms with van der Waals surface area (Å²) in [6.45, 7) is 2.24. The fourth-order valence-corrected chi connectivity index (χ4v) is 2.16. The summed E-state index contributed by atoms with van der Waals surface area (Å²) >= 11 is 0. The lowest BCUT2D eigenvalue weighted by Crippen LogP contribution is -2.20. The highest BCUT2D eigenvalue weighted by molar-refractivity contribution is 5.75. The molecule has 0 atom stereocenters. The van der Waals surface area contributed by atoms with Gasteiger partial charge in [0.1, 0.15) is 0 Å². The van der Waals surface area contributed by atoms with Crippen molar-refractivity contribution in [3.63, 3.8) is 0 Å². The molecule has 0 rings (SSSR count). The summed E-state index contributed by atoms with van der Waals surface area (Å²) in [5.74, 6) is 0.214. The molecule has 0 aromatic rings. The van der Waals surface area contributed by atoms with E-state index in [4.69, 9.17) is 0 Å².